The molecule has 0 saturated carbocycles. The highest BCUT2D eigenvalue weighted by atomic mass is 35.5. The highest BCUT2D eigenvalue weighted by molar-refractivity contribution is 6.30. The summed E-state index contributed by atoms with van der Waals surface area (Å²) in [7, 11) is 0. The Kier molecular flexibility index (Phi) is 6.94. The van der Waals surface area contributed by atoms with Crippen LogP contribution in [0, 0.1) is 5.82 Å². The Labute approximate surface area is 186 Å². The molecule has 0 unspecified atom stereocenters. The van der Waals surface area contributed by atoms with Crippen LogP contribution in [0.15, 0.2) is 54.7 Å². The van der Waals surface area contributed by atoms with Gasteiger partial charge in [0.25, 0.3) is 5.91 Å². The van der Waals surface area contributed by atoms with E-state index < -0.39 is 0 Å². The van der Waals surface area contributed by atoms with Crippen molar-refractivity contribution in [1.82, 2.24) is 25.2 Å². The number of carbonyl (C=O) groups excluding carboxylic acids is 1. The molecular formula is C23H25ClFN5O. The van der Waals surface area contributed by atoms with Crippen LogP contribution in [-0.2, 0) is 6.54 Å². The maximum absolute atomic E-state index is 13.4. The predicted molar refractivity (Wildman–Crippen MR) is 117 cm³/mol. The molecule has 3 aromatic rings. The number of aromatic nitrogens is 3. The number of halogens is 2. The summed E-state index contributed by atoms with van der Waals surface area (Å²) >= 11 is 5.92. The van der Waals surface area contributed by atoms with Crippen LogP contribution in [0.25, 0.3) is 0 Å². The van der Waals surface area contributed by atoms with Crippen molar-refractivity contribution >= 4 is 17.5 Å². The zero-order valence-electron chi connectivity index (χ0n) is 17.2. The molecule has 1 fully saturated rings. The Bertz CT molecular complexity index is 1000. The van der Waals surface area contributed by atoms with Gasteiger partial charge in [0, 0.05) is 11.6 Å². The first kappa shape index (κ1) is 21.5. The van der Waals surface area contributed by atoms with E-state index in [-0.39, 0.29) is 23.5 Å². The van der Waals surface area contributed by atoms with Gasteiger partial charge in [0.15, 0.2) is 5.69 Å². The number of nitrogens with zero attached hydrogens (tertiary/aromatic N) is 4. The van der Waals surface area contributed by atoms with Gasteiger partial charge < -0.3 is 5.32 Å². The Morgan fingerprint density at radius 1 is 1.06 bits per heavy atom. The predicted octanol–water partition coefficient (Wildman–Crippen LogP) is 4.08. The molecule has 0 aliphatic carbocycles. The average Bonchev–Trinajstić information content (AvgIpc) is 3.26. The smallest absolute Gasteiger partial charge is 0.273 e. The van der Waals surface area contributed by atoms with E-state index in [2.05, 4.69) is 20.5 Å². The van der Waals surface area contributed by atoms with Crippen molar-refractivity contribution in [2.75, 3.05) is 19.6 Å². The number of hydrogen-bond acceptors (Lipinski definition) is 4. The number of hydrogen-bond donors (Lipinski definition) is 1. The molecule has 8 heteroatoms. The zero-order valence-corrected chi connectivity index (χ0v) is 17.9. The molecule has 2 aromatic carbocycles. The number of carbonyl (C=O) groups is 1. The Morgan fingerprint density at radius 2 is 1.77 bits per heavy atom. The molecule has 2 heterocycles. The van der Waals surface area contributed by atoms with E-state index in [0.29, 0.717) is 18.1 Å². The summed E-state index contributed by atoms with van der Waals surface area (Å²) in [6.45, 7) is 2.86. The lowest BCUT2D eigenvalue weighted by atomic mass is 10.0. The molecule has 6 nitrogen and oxygen atoms in total. The third kappa shape index (κ3) is 5.68. The molecule has 1 aliphatic rings. The van der Waals surface area contributed by atoms with Gasteiger partial charge in [-0.05, 0) is 61.3 Å². The quantitative estimate of drug-likeness (QED) is 0.600. The summed E-state index contributed by atoms with van der Waals surface area (Å²) in [5.74, 6) is -0.533. The number of amides is 1. The van der Waals surface area contributed by atoms with Crippen LogP contribution in [0.2, 0.25) is 5.02 Å². The van der Waals surface area contributed by atoms with Gasteiger partial charge in [-0.15, -0.1) is 5.10 Å². The summed E-state index contributed by atoms with van der Waals surface area (Å²) in [5, 5.41) is 11.7. The highest BCUT2D eigenvalue weighted by Gasteiger charge is 2.23. The van der Waals surface area contributed by atoms with Crippen LogP contribution < -0.4 is 5.32 Å². The minimum absolute atomic E-state index is 0.00559. The van der Waals surface area contributed by atoms with Gasteiger partial charge >= 0.3 is 0 Å². The van der Waals surface area contributed by atoms with Crippen molar-refractivity contribution in [3.05, 3.63) is 82.4 Å². The summed E-state index contributed by atoms with van der Waals surface area (Å²) in [6.07, 6.45) is 5.11. The van der Waals surface area contributed by atoms with E-state index in [4.69, 9.17) is 11.6 Å². The second kappa shape index (κ2) is 10.0. The summed E-state index contributed by atoms with van der Waals surface area (Å²) in [6, 6.07) is 14.0. The van der Waals surface area contributed by atoms with Gasteiger partial charge in [-0.2, -0.15) is 0 Å². The van der Waals surface area contributed by atoms with Crippen molar-refractivity contribution in [3.63, 3.8) is 0 Å². The summed E-state index contributed by atoms with van der Waals surface area (Å²) in [5.41, 5.74) is 2.28. The molecule has 0 bridgehead atoms. The second-order valence-corrected chi connectivity index (χ2v) is 8.24. The third-order valence-electron chi connectivity index (χ3n) is 5.57. The lowest BCUT2D eigenvalue weighted by Gasteiger charge is -2.35. The van der Waals surface area contributed by atoms with Gasteiger partial charge in [0.2, 0.25) is 0 Å². The molecule has 1 saturated heterocycles. The Morgan fingerprint density at radius 3 is 2.48 bits per heavy atom. The van der Waals surface area contributed by atoms with E-state index in [9.17, 15) is 9.18 Å². The van der Waals surface area contributed by atoms with Crippen molar-refractivity contribution in [1.29, 1.82) is 0 Å². The molecule has 0 spiro atoms. The molecule has 1 aliphatic heterocycles. The normalized spacial score (nSPS) is 15.5. The maximum atomic E-state index is 13.4. The van der Waals surface area contributed by atoms with Gasteiger partial charge in [-0.25, -0.2) is 9.07 Å². The molecular weight excluding hydrogens is 417 g/mol. The largest absolute Gasteiger partial charge is 0.349 e. The SMILES string of the molecule is O=C(NC[C@@H](c1ccc(F)cc1)N1CCCCC1)c1cn(Cc2ccc(Cl)cc2)nn1. The van der Waals surface area contributed by atoms with Crippen LogP contribution in [0.4, 0.5) is 4.39 Å². The van der Waals surface area contributed by atoms with Crippen LogP contribution in [-0.4, -0.2) is 45.4 Å². The molecule has 1 atom stereocenters. The molecule has 4 rings (SSSR count). The first-order valence-corrected chi connectivity index (χ1v) is 10.9. The second-order valence-electron chi connectivity index (χ2n) is 7.80. The number of rotatable bonds is 7. The lowest BCUT2D eigenvalue weighted by Crippen LogP contribution is -2.40. The highest BCUT2D eigenvalue weighted by Crippen LogP contribution is 2.24. The van der Waals surface area contributed by atoms with Crippen LogP contribution in [0.5, 0.6) is 0 Å². The first-order chi connectivity index (χ1) is 15.1. The Balaban J connectivity index is 1.41. The fourth-order valence-corrected chi connectivity index (χ4v) is 4.04. The molecule has 162 valence electrons. The third-order valence-corrected chi connectivity index (χ3v) is 5.82. The summed E-state index contributed by atoms with van der Waals surface area (Å²) < 4.78 is 15.0. The first-order valence-electron chi connectivity index (χ1n) is 10.5. The maximum Gasteiger partial charge on any atom is 0.273 e. The monoisotopic (exact) mass is 441 g/mol. The average molecular weight is 442 g/mol. The van der Waals surface area contributed by atoms with Gasteiger partial charge in [0.05, 0.1) is 18.8 Å². The Hall–Kier alpha value is -2.77. The fraction of sp³-hybridized carbons (Fsp3) is 0.348. The topological polar surface area (TPSA) is 63.1 Å². The van der Waals surface area contributed by atoms with E-state index in [1.807, 2.05) is 24.3 Å². The number of nitrogens with one attached hydrogen (secondary N) is 1. The number of likely N-dealkylation sites (tertiary alicyclic amines) is 1. The molecule has 1 aromatic heterocycles. The van der Waals surface area contributed by atoms with Crippen molar-refractivity contribution in [2.24, 2.45) is 0 Å². The zero-order chi connectivity index (χ0) is 21.6. The van der Waals surface area contributed by atoms with Gasteiger partial charge in [-0.1, -0.05) is 47.5 Å². The number of piperidine rings is 1. The van der Waals surface area contributed by atoms with Crippen LogP contribution in [0.3, 0.4) is 0 Å². The van der Waals surface area contributed by atoms with Crippen LogP contribution >= 0.6 is 11.6 Å². The van der Waals surface area contributed by atoms with E-state index in [0.717, 1.165) is 37.1 Å². The van der Waals surface area contributed by atoms with Crippen molar-refractivity contribution in [2.45, 2.75) is 31.8 Å². The van der Waals surface area contributed by atoms with Gasteiger partial charge in [-0.3, -0.25) is 9.69 Å². The van der Waals surface area contributed by atoms with Crippen molar-refractivity contribution < 1.29 is 9.18 Å². The van der Waals surface area contributed by atoms with Crippen LogP contribution in [0.1, 0.15) is 46.9 Å². The minimum Gasteiger partial charge on any atom is -0.349 e. The molecule has 0 radical (unpaired) electrons. The number of benzene rings is 2. The minimum atomic E-state index is -0.272. The van der Waals surface area contributed by atoms with E-state index in [1.165, 1.54) is 18.6 Å². The standard InChI is InChI=1S/C23H25ClFN5O/c24-19-8-4-17(5-9-19)15-30-16-21(27-28-30)23(31)26-14-22(29-12-2-1-3-13-29)18-6-10-20(25)11-7-18/h4-11,16,22H,1-3,12-15H2,(H,26,31)/t22-/m0/s1. The molecule has 1 N–H and O–H groups in total. The molecule has 31 heavy (non-hydrogen) atoms. The van der Waals surface area contributed by atoms with Crippen molar-refractivity contribution in [3.8, 4) is 0 Å². The lowest BCUT2D eigenvalue weighted by molar-refractivity contribution is 0.0919. The van der Waals surface area contributed by atoms with Gasteiger partial charge in [0.1, 0.15) is 5.82 Å². The van der Waals surface area contributed by atoms with E-state index in [1.54, 1.807) is 23.0 Å². The fourth-order valence-electron chi connectivity index (χ4n) is 3.91. The van der Waals surface area contributed by atoms with E-state index >= 15 is 0 Å². The molecule has 1 amide bonds. The summed E-state index contributed by atoms with van der Waals surface area (Å²) in [4.78, 5) is 15.1.